The van der Waals surface area contributed by atoms with Gasteiger partial charge in [-0.1, -0.05) is 17.8 Å². The molecule has 3 aromatic rings. The molecule has 118 valence electrons. The first-order valence-corrected chi connectivity index (χ1v) is 8.27. The number of nitrogens with one attached hydrogen (secondary N) is 1. The van der Waals surface area contributed by atoms with Crippen molar-refractivity contribution in [1.82, 2.24) is 19.9 Å². The predicted molar refractivity (Wildman–Crippen MR) is 93.5 cm³/mol. The fourth-order valence-corrected chi connectivity index (χ4v) is 2.95. The molecule has 0 unspecified atom stereocenters. The highest BCUT2D eigenvalue weighted by Gasteiger charge is 2.08. The second-order valence-corrected chi connectivity index (χ2v) is 6.56. The summed E-state index contributed by atoms with van der Waals surface area (Å²) in [4.78, 5) is 25.5. The Labute approximate surface area is 139 Å². The van der Waals surface area contributed by atoms with Crippen molar-refractivity contribution in [3.8, 4) is 11.4 Å². The van der Waals surface area contributed by atoms with Gasteiger partial charge in [0.25, 0.3) is 0 Å². The number of aromatic amines is 1. The predicted octanol–water partition coefficient (Wildman–Crippen LogP) is 3.11. The Morgan fingerprint density at radius 2 is 2.09 bits per heavy atom. The van der Waals surface area contributed by atoms with Crippen LogP contribution in [0.25, 0.3) is 22.4 Å². The number of H-pyrrole nitrogens is 1. The van der Waals surface area contributed by atoms with Crippen LogP contribution in [0.2, 0.25) is 0 Å². The van der Waals surface area contributed by atoms with Crippen LogP contribution in [0.4, 0.5) is 0 Å². The number of fused-ring (bicyclic) bond motifs is 1. The maximum atomic E-state index is 11.6. The van der Waals surface area contributed by atoms with Crippen LogP contribution in [-0.4, -0.2) is 45.6 Å². The van der Waals surface area contributed by atoms with E-state index in [0.717, 1.165) is 27.4 Å². The molecule has 0 saturated carbocycles. The van der Waals surface area contributed by atoms with Gasteiger partial charge in [-0.05, 0) is 36.8 Å². The molecule has 1 N–H and O–H groups in total. The Bertz CT molecular complexity index is 839. The number of imidazole rings is 1. The number of benzene rings is 1. The van der Waals surface area contributed by atoms with Crippen LogP contribution in [0.3, 0.4) is 0 Å². The monoisotopic (exact) mass is 326 g/mol. The van der Waals surface area contributed by atoms with E-state index >= 15 is 0 Å². The van der Waals surface area contributed by atoms with E-state index < -0.39 is 0 Å². The van der Waals surface area contributed by atoms with E-state index in [2.05, 4.69) is 27.9 Å². The lowest BCUT2D eigenvalue weighted by Crippen LogP contribution is -2.23. The minimum Gasteiger partial charge on any atom is -0.348 e. The van der Waals surface area contributed by atoms with Gasteiger partial charge in [0.1, 0.15) is 5.82 Å². The number of aromatic nitrogens is 3. The molecule has 0 saturated heterocycles. The standard InChI is InChI=1S/C17H18N4OS/c1-11-4-6-13-14(8-11)20-17(19-13)12-5-7-15(18-9-12)23-10-16(22)21(2)3/h4-9H,10H2,1-3H3,(H,19,20). The number of carbonyl (C=O) groups is 1. The molecule has 0 aliphatic carbocycles. The fraction of sp³-hybridized carbons (Fsp3) is 0.235. The van der Waals surface area contributed by atoms with Crippen LogP contribution in [-0.2, 0) is 4.79 Å². The number of rotatable bonds is 4. The first-order valence-electron chi connectivity index (χ1n) is 7.28. The summed E-state index contributed by atoms with van der Waals surface area (Å²) in [5, 5.41) is 0.830. The number of nitrogens with zero attached hydrogens (tertiary/aromatic N) is 3. The normalized spacial score (nSPS) is 10.9. The van der Waals surface area contributed by atoms with Gasteiger partial charge in [0, 0.05) is 25.9 Å². The second kappa shape index (κ2) is 6.42. The number of aryl methyl sites for hydroxylation is 1. The molecule has 1 aromatic carbocycles. The highest BCUT2D eigenvalue weighted by Crippen LogP contribution is 2.23. The van der Waals surface area contributed by atoms with E-state index in [0.29, 0.717) is 5.75 Å². The molecule has 0 fully saturated rings. The summed E-state index contributed by atoms with van der Waals surface area (Å²) in [6, 6.07) is 10.0. The van der Waals surface area contributed by atoms with Gasteiger partial charge in [0.05, 0.1) is 21.8 Å². The lowest BCUT2D eigenvalue weighted by atomic mass is 10.2. The summed E-state index contributed by atoms with van der Waals surface area (Å²) >= 11 is 1.43. The van der Waals surface area contributed by atoms with Crippen molar-refractivity contribution in [2.75, 3.05) is 19.8 Å². The van der Waals surface area contributed by atoms with Crippen molar-refractivity contribution in [2.24, 2.45) is 0 Å². The van der Waals surface area contributed by atoms with Crippen LogP contribution >= 0.6 is 11.8 Å². The lowest BCUT2D eigenvalue weighted by molar-refractivity contribution is -0.125. The number of thioether (sulfide) groups is 1. The summed E-state index contributed by atoms with van der Waals surface area (Å²) in [7, 11) is 3.51. The molecule has 0 aliphatic rings. The average Bonchev–Trinajstić information content (AvgIpc) is 2.96. The van der Waals surface area contributed by atoms with Gasteiger partial charge in [-0.15, -0.1) is 0 Å². The molecule has 0 atom stereocenters. The Morgan fingerprint density at radius 1 is 1.26 bits per heavy atom. The average molecular weight is 326 g/mol. The van der Waals surface area contributed by atoms with Gasteiger partial charge >= 0.3 is 0 Å². The van der Waals surface area contributed by atoms with Crippen molar-refractivity contribution in [3.63, 3.8) is 0 Å². The molecule has 0 spiro atoms. The molecule has 0 bridgehead atoms. The second-order valence-electron chi connectivity index (χ2n) is 5.57. The lowest BCUT2D eigenvalue weighted by Gasteiger charge is -2.09. The molecule has 2 heterocycles. The Kier molecular flexibility index (Phi) is 4.34. The van der Waals surface area contributed by atoms with E-state index in [-0.39, 0.29) is 5.91 Å². The van der Waals surface area contributed by atoms with Crippen LogP contribution in [0.1, 0.15) is 5.56 Å². The molecule has 0 radical (unpaired) electrons. The Morgan fingerprint density at radius 3 is 2.78 bits per heavy atom. The van der Waals surface area contributed by atoms with E-state index in [4.69, 9.17) is 0 Å². The van der Waals surface area contributed by atoms with E-state index in [1.54, 1.807) is 25.2 Å². The molecule has 0 aliphatic heterocycles. The molecular weight excluding hydrogens is 308 g/mol. The number of carbonyl (C=O) groups excluding carboxylic acids is 1. The van der Waals surface area contributed by atoms with Crippen LogP contribution in [0.5, 0.6) is 0 Å². The van der Waals surface area contributed by atoms with Gasteiger partial charge < -0.3 is 9.88 Å². The largest absolute Gasteiger partial charge is 0.348 e. The Balaban J connectivity index is 1.76. The quantitative estimate of drug-likeness (QED) is 0.748. The first-order chi connectivity index (χ1) is 11.0. The third kappa shape index (κ3) is 3.53. The van der Waals surface area contributed by atoms with Crippen LogP contribution in [0.15, 0.2) is 41.6 Å². The van der Waals surface area contributed by atoms with Gasteiger partial charge in [0.15, 0.2) is 0 Å². The molecule has 3 rings (SSSR count). The molecular formula is C17H18N4OS. The smallest absolute Gasteiger partial charge is 0.232 e. The summed E-state index contributed by atoms with van der Waals surface area (Å²) in [5.74, 6) is 1.27. The summed E-state index contributed by atoms with van der Waals surface area (Å²) in [6.07, 6.45) is 1.78. The van der Waals surface area contributed by atoms with Gasteiger partial charge in [-0.25, -0.2) is 9.97 Å². The third-order valence-electron chi connectivity index (χ3n) is 3.49. The van der Waals surface area contributed by atoms with Crippen molar-refractivity contribution in [2.45, 2.75) is 11.9 Å². The number of amides is 1. The first kappa shape index (κ1) is 15.6. The van der Waals surface area contributed by atoms with E-state index in [9.17, 15) is 4.79 Å². The molecule has 6 heteroatoms. The van der Waals surface area contributed by atoms with Crippen molar-refractivity contribution < 1.29 is 4.79 Å². The number of hydrogen-bond donors (Lipinski definition) is 1. The highest BCUT2D eigenvalue weighted by atomic mass is 32.2. The zero-order valence-corrected chi connectivity index (χ0v) is 14.1. The van der Waals surface area contributed by atoms with E-state index in [1.807, 2.05) is 24.3 Å². The maximum absolute atomic E-state index is 11.6. The summed E-state index contributed by atoms with van der Waals surface area (Å²) < 4.78 is 0. The van der Waals surface area contributed by atoms with Crippen LogP contribution < -0.4 is 0 Å². The fourth-order valence-electron chi connectivity index (χ4n) is 2.13. The SMILES string of the molecule is Cc1ccc2nc(-c3ccc(SCC(=O)N(C)C)nc3)[nH]c2c1. The summed E-state index contributed by atoms with van der Waals surface area (Å²) in [5.41, 5.74) is 4.10. The maximum Gasteiger partial charge on any atom is 0.232 e. The number of pyridine rings is 1. The Hall–Kier alpha value is -2.34. The van der Waals surface area contributed by atoms with Gasteiger partial charge in [-0.3, -0.25) is 4.79 Å². The molecule has 2 aromatic heterocycles. The zero-order valence-electron chi connectivity index (χ0n) is 13.3. The minimum atomic E-state index is 0.0773. The third-order valence-corrected chi connectivity index (χ3v) is 4.42. The van der Waals surface area contributed by atoms with Gasteiger partial charge in [0.2, 0.25) is 5.91 Å². The van der Waals surface area contributed by atoms with Crippen molar-refractivity contribution in [1.29, 1.82) is 0 Å². The minimum absolute atomic E-state index is 0.0773. The van der Waals surface area contributed by atoms with E-state index in [1.165, 1.54) is 17.3 Å². The topological polar surface area (TPSA) is 61.9 Å². The van der Waals surface area contributed by atoms with Gasteiger partial charge in [-0.2, -0.15) is 0 Å². The molecule has 1 amide bonds. The molecule has 5 nitrogen and oxygen atoms in total. The summed E-state index contributed by atoms with van der Waals surface area (Å²) in [6.45, 7) is 2.06. The molecule has 23 heavy (non-hydrogen) atoms. The zero-order chi connectivity index (χ0) is 16.4. The highest BCUT2D eigenvalue weighted by molar-refractivity contribution is 7.99. The van der Waals surface area contributed by atoms with Crippen molar-refractivity contribution >= 4 is 28.7 Å². The van der Waals surface area contributed by atoms with Crippen molar-refractivity contribution in [3.05, 3.63) is 42.1 Å². The number of hydrogen-bond acceptors (Lipinski definition) is 4. The van der Waals surface area contributed by atoms with Crippen LogP contribution in [0, 0.1) is 6.92 Å².